The van der Waals surface area contributed by atoms with Crippen LogP contribution in [-0.2, 0) is 11.2 Å². The molecule has 108 valence electrons. The third kappa shape index (κ3) is 3.40. The maximum absolute atomic E-state index is 5.77. The molecular formula is C16H27NO2. The van der Waals surface area contributed by atoms with Crippen molar-refractivity contribution >= 4 is 0 Å². The summed E-state index contributed by atoms with van der Waals surface area (Å²) in [6.45, 7) is 9.74. The average molecular weight is 265 g/mol. The van der Waals surface area contributed by atoms with E-state index in [1.807, 2.05) is 12.1 Å². The number of hydrogen-bond donors (Lipinski definition) is 1. The SMILES string of the molecule is CCOC1CC(NC(C)CCc2ccco2)C1(C)C. The fourth-order valence-corrected chi connectivity index (χ4v) is 2.89. The molecule has 19 heavy (non-hydrogen) atoms. The van der Waals surface area contributed by atoms with Crippen LogP contribution < -0.4 is 5.32 Å². The highest BCUT2D eigenvalue weighted by atomic mass is 16.5. The summed E-state index contributed by atoms with van der Waals surface area (Å²) in [5.74, 6) is 1.08. The largest absolute Gasteiger partial charge is 0.469 e. The van der Waals surface area contributed by atoms with E-state index >= 15 is 0 Å². The number of furan rings is 1. The van der Waals surface area contributed by atoms with Crippen LogP contribution in [0.2, 0.25) is 0 Å². The van der Waals surface area contributed by atoms with E-state index in [1.165, 1.54) is 0 Å². The molecule has 0 saturated heterocycles. The van der Waals surface area contributed by atoms with Gasteiger partial charge in [0.25, 0.3) is 0 Å². The summed E-state index contributed by atoms with van der Waals surface area (Å²) in [5, 5.41) is 3.74. The Kier molecular flexibility index (Phi) is 4.69. The van der Waals surface area contributed by atoms with Crippen molar-refractivity contribution in [1.29, 1.82) is 0 Å². The van der Waals surface area contributed by atoms with Crippen molar-refractivity contribution in [2.45, 2.75) is 65.1 Å². The molecule has 3 atom stereocenters. The lowest BCUT2D eigenvalue weighted by Gasteiger charge is -2.52. The first kappa shape index (κ1) is 14.6. The minimum absolute atomic E-state index is 0.245. The lowest BCUT2D eigenvalue weighted by molar-refractivity contribution is -0.116. The van der Waals surface area contributed by atoms with Crippen LogP contribution in [0.1, 0.15) is 46.3 Å². The van der Waals surface area contributed by atoms with Crippen LogP contribution in [0.4, 0.5) is 0 Å². The van der Waals surface area contributed by atoms with E-state index in [0.29, 0.717) is 18.2 Å². The minimum Gasteiger partial charge on any atom is -0.469 e. The van der Waals surface area contributed by atoms with E-state index in [9.17, 15) is 0 Å². The van der Waals surface area contributed by atoms with Crippen molar-refractivity contribution in [3.8, 4) is 0 Å². The maximum atomic E-state index is 5.77. The van der Waals surface area contributed by atoms with Gasteiger partial charge in [0.1, 0.15) is 5.76 Å². The van der Waals surface area contributed by atoms with Gasteiger partial charge in [-0.05, 0) is 38.8 Å². The van der Waals surface area contributed by atoms with E-state index in [1.54, 1.807) is 6.26 Å². The van der Waals surface area contributed by atoms with Crippen molar-refractivity contribution in [3.05, 3.63) is 24.2 Å². The highest BCUT2D eigenvalue weighted by molar-refractivity contribution is 5.04. The van der Waals surface area contributed by atoms with Gasteiger partial charge in [0.2, 0.25) is 0 Å². The number of nitrogens with one attached hydrogen (secondary N) is 1. The standard InChI is InChI=1S/C16H27NO2/c1-5-18-15-11-14(16(15,3)4)17-12(2)8-9-13-7-6-10-19-13/h6-7,10,12,14-15,17H,5,8-9,11H2,1-4H3. The monoisotopic (exact) mass is 265 g/mol. The predicted molar refractivity (Wildman–Crippen MR) is 77.2 cm³/mol. The molecule has 0 spiro atoms. The molecule has 1 saturated carbocycles. The molecule has 0 amide bonds. The van der Waals surface area contributed by atoms with Gasteiger partial charge in [0.15, 0.2) is 0 Å². The first-order valence-corrected chi connectivity index (χ1v) is 7.44. The van der Waals surface area contributed by atoms with Gasteiger partial charge in [0.05, 0.1) is 12.4 Å². The summed E-state index contributed by atoms with van der Waals surface area (Å²) in [5.41, 5.74) is 0.245. The Balaban J connectivity index is 1.73. The molecule has 1 fully saturated rings. The van der Waals surface area contributed by atoms with Crippen LogP contribution in [-0.4, -0.2) is 24.8 Å². The molecule has 0 radical (unpaired) electrons. The number of hydrogen-bond acceptors (Lipinski definition) is 3. The fraction of sp³-hybridized carbons (Fsp3) is 0.750. The molecule has 1 aliphatic rings. The van der Waals surface area contributed by atoms with E-state index < -0.39 is 0 Å². The summed E-state index contributed by atoms with van der Waals surface area (Å²) in [4.78, 5) is 0. The van der Waals surface area contributed by atoms with Crippen molar-refractivity contribution in [1.82, 2.24) is 5.32 Å². The molecule has 1 heterocycles. The van der Waals surface area contributed by atoms with Gasteiger partial charge < -0.3 is 14.5 Å². The maximum Gasteiger partial charge on any atom is 0.103 e. The zero-order chi connectivity index (χ0) is 13.9. The zero-order valence-corrected chi connectivity index (χ0v) is 12.6. The van der Waals surface area contributed by atoms with E-state index in [4.69, 9.17) is 9.15 Å². The smallest absolute Gasteiger partial charge is 0.103 e. The summed E-state index contributed by atoms with van der Waals surface area (Å²) in [6.07, 6.45) is 5.40. The molecule has 0 aromatic carbocycles. The molecule has 1 aromatic rings. The van der Waals surface area contributed by atoms with Crippen LogP contribution in [0.25, 0.3) is 0 Å². The molecule has 3 heteroatoms. The molecule has 2 rings (SSSR count). The van der Waals surface area contributed by atoms with Gasteiger partial charge in [-0.1, -0.05) is 13.8 Å². The lowest BCUT2D eigenvalue weighted by Crippen LogP contribution is -2.62. The van der Waals surface area contributed by atoms with E-state index in [2.05, 4.69) is 33.0 Å². The minimum atomic E-state index is 0.245. The zero-order valence-electron chi connectivity index (χ0n) is 12.6. The fourth-order valence-electron chi connectivity index (χ4n) is 2.89. The second-order valence-electron chi connectivity index (χ2n) is 6.24. The molecule has 3 unspecified atom stereocenters. The molecular weight excluding hydrogens is 238 g/mol. The molecule has 0 bridgehead atoms. The van der Waals surface area contributed by atoms with Crippen LogP contribution in [0.3, 0.4) is 0 Å². The van der Waals surface area contributed by atoms with Crippen LogP contribution in [0, 0.1) is 5.41 Å². The van der Waals surface area contributed by atoms with Crippen molar-refractivity contribution < 1.29 is 9.15 Å². The van der Waals surface area contributed by atoms with Gasteiger partial charge in [-0.3, -0.25) is 0 Å². The van der Waals surface area contributed by atoms with Gasteiger partial charge >= 0.3 is 0 Å². The highest BCUT2D eigenvalue weighted by Gasteiger charge is 2.48. The topological polar surface area (TPSA) is 34.4 Å². The van der Waals surface area contributed by atoms with E-state index in [-0.39, 0.29) is 5.41 Å². The Labute approximate surface area is 116 Å². The van der Waals surface area contributed by atoms with Crippen molar-refractivity contribution in [2.24, 2.45) is 5.41 Å². The Morgan fingerprint density at radius 2 is 2.32 bits per heavy atom. The summed E-state index contributed by atoms with van der Waals surface area (Å²) >= 11 is 0. The van der Waals surface area contributed by atoms with Gasteiger partial charge in [-0.25, -0.2) is 0 Å². The molecule has 3 nitrogen and oxygen atoms in total. The third-order valence-corrected chi connectivity index (χ3v) is 4.44. The molecule has 1 N–H and O–H groups in total. The van der Waals surface area contributed by atoms with Crippen LogP contribution in [0.15, 0.2) is 22.8 Å². The van der Waals surface area contributed by atoms with Gasteiger partial charge in [-0.2, -0.15) is 0 Å². The van der Waals surface area contributed by atoms with Gasteiger partial charge in [-0.15, -0.1) is 0 Å². The van der Waals surface area contributed by atoms with Crippen molar-refractivity contribution in [3.63, 3.8) is 0 Å². The Bertz CT molecular complexity index is 372. The quantitative estimate of drug-likeness (QED) is 0.820. The van der Waals surface area contributed by atoms with Crippen LogP contribution in [0.5, 0.6) is 0 Å². The highest BCUT2D eigenvalue weighted by Crippen LogP contribution is 2.43. The second-order valence-corrected chi connectivity index (χ2v) is 6.24. The average Bonchev–Trinajstić information content (AvgIpc) is 2.88. The van der Waals surface area contributed by atoms with Crippen LogP contribution >= 0.6 is 0 Å². The summed E-state index contributed by atoms with van der Waals surface area (Å²) in [7, 11) is 0. The number of rotatable bonds is 7. The first-order chi connectivity index (χ1) is 9.04. The molecule has 0 aliphatic heterocycles. The van der Waals surface area contributed by atoms with Crippen molar-refractivity contribution in [2.75, 3.05) is 6.61 Å². The Morgan fingerprint density at radius 3 is 2.89 bits per heavy atom. The molecule has 1 aromatic heterocycles. The normalized spacial score (nSPS) is 26.9. The third-order valence-electron chi connectivity index (χ3n) is 4.44. The number of aryl methyl sites for hydroxylation is 1. The summed E-state index contributed by atoms with van der Waals surface area (Å²) in [6, 6.07) is 5.08. The first-order valence-electron chi connectivity index (χ1n) is 7.44. The summed E-state index contributed by atoms with van der Waals surface area (Å²) < 4.78 is 11.1. The van der Waals surface area contributed by atoms with Gasteiger partial charge in [0, 0.05) is 30.5 Å². The Hall–Kier alpha value is -0.800. The Morgan fingerprint density at radius 1 is 1.53 bits per heavy atom. The molecule has 1 aliphatic carbocycles. The second kappa shape index (κ2) is 6.10. The number of ether oxygens (including phenoxy) is 1. The van der Waals surface area contributed by atoms with E-state index in [0.717, 1.165) is 31.6 Å². The predicted octanol–water partition coefficient (Wildman–Crippen LogP) is 3.39. The lowest BCUT2D eigenvalue weighted by atomic mass is 9.64.